The molecule has 7 nitrogen and oxygen atoms in total. The third kappa shape index (κ3) is 3.14. The minimum absolute atomic E-state index is 0.181. The van der Waals surface area contributed by atoms with Crippen molar-refractivity contribution >= 4 is 5.91 Å². The highest BCUT2D eigenvalue weighted by atomic mass is 16.5. The highest BCUT2D eigenvalue weighted by molar-refractivity contribution is 5.91. The first-order valence-corrected chi connectivity index (χ1v) is 7.32. The van der Waals surface area contributed by atoms with Gasteiger partial charge in [-0.25, -0.2) is 9.97 Å². The molecule has 7 heteroatoms. The van der Waals surface area contributed by atoms with Crippen LogP contribution in [0.25, 0.3) is 0 Å². The topological polar surface area (TPSA) is 90.1 Å². The van der Waals surface area contributed by atoms with Crippen LogP contribution in [0.4, 0.5) is 0 Å². The van der Waals surface area contributed by atoms with Crippen molar-refractivity contribution in [2.24, 2.45) is 0 Å². The summed E-state index contributed by atoms with van der Waals surface area (Å²) in [5.41, 5.74) is 0.413. The molecule has 0 radical (unpaired) electrons. The van der Waals surface area contributed by atoms with Crippen molar-refractivity contribution in [1.29, 1.82) is 0 Å². The molecule has 116 valence electrons. The second kappa shape index (κ2) is 6.23. The van der Waals surface area contributed by atoms with Crippen molar-refractivity contribution in [3.8, 4) is 0 Å². The highest BCUT2D eigenvalue weighted by Gasteiger charge is 2.32. The minimum atomic E-state index is -0.403. The maximum absolute atomic E-state index is 11.7. The molecule has 0 aliphatic carbocycles. The molecule has 1 fully saturated rings. The second-order valence-corrected chi connectivity index (χ2v) is 5.51. The van der Waals surface area contributed by atoms with Crippen LogP contribution in [0.2, 0.25) is 0 Å². The number of carbonyl (C=O) groups is 1. The predicted molar refractivity (Wildman–Crippen MR) is 76.9 cm³/mol. The van der Waals surface area contributed by atoms with Crippen LogP contribution in [0.15, 0.2) is 29.2 Å². The first-order chi connectivity index (χ1) is 10.7. The van der Waals surface area contributed by atoms with Crippen LogP contribution >= 0.6 is 0 Å². The number of amides is 1. The molecule has 1 saturated heterocycles. The van der Waals surface area contributed by atoms with E-state index in [0.717, 1.165) is 31.4 Å². The number of nitrogens with one attached hydrogen (secondary N) is 1. The molecule has 1 aliphatic heterocycles. The normalized spacial score (nSPS) is 21.5. The molecule has 1 amide bonds. The van der Waals surface area contributed by atoms with Gasteiger partial charge in [0.2, 0.25) is 5.76 Å². The molecule has 1 N–H and O–H groups in total. The van der Waals surface area contributed by atoms with Crippen LogP contribution in [0.5, 0.6) is 0 Å². The summed E-state index contributed by atoms with van der Waals surface area (Å²) in [6.45, 7) is 3.10. The van der Waals surface area contributed by atoms with E-state index in [0.29, 0.717) is 12.4 Å². The van der Waals surface area contributed by atoms with Gasteiger partial charge in [0.15, 0.2) is 5.82 Å². The molecule has 0 bridgehead atoms. The van der Waals surface area contributed by atoms with Gasteiger partial charge in [-0.05, 0) is 26.2 Å². The summed E-state index contributed by atoms with van der Waals surface area (Å²) in [6.07, 6.45) is 7.99. The molecule has 3 heterocycles. The van der Waals surface area contributed by atoms with E-state index in [4.69, 9.17) is 9.26 Å². The summed E-state index contributed by atoms with van der Waals surface area (Å²) in [6, 6.07) is 1.51. The number of hydrogen-bond donors (Lipinski definition) is 1. The van der Waals surface area contributed by atoms with Crippen molar-refractivity contribution in [1.82, 2.24) is 20.4 Å². The third-order valence-electron chi connectivity index (χ3n) is 3.76. The first-order valence-electron chi connectivity index (χ1n) is 7.32. The van der Waals surface area contributed by atoms with Gasteiger partial charge in [-0.1, -0.05) is 5.16 Å². The number of ether oxygens (including phenoxy) is 1. The monoisotopic (exact) mass is 302 g/mol. The van der Waals surface area contributed by atoms with Crippen LogP contribution in [0.3, 0.4) is 0 Å². The minimum Gasteiger partial charge on any atom is -0.367 e. The number of nitrogens with zero attached hydrogens (tertiary/aromatic N) is 3. The van der Waals surface area contributed by atoms with Crippen molar-refractivity contribution in [2.45, 2.75) is 38.3 Å². The van der Waals surface area contributed by atoms with E-state index in [2.05, 4.69) is 20.4 Å². The number of rotatable bonds is 4. The molecule has 0 saturated carbocycles. The SMILES string of the molecule is C[C@]1(c2ncc(CNC(=O)c3ccno3)cn2)CCCCO1. The maximum atomic E-state index is 11.7. The molecule has 0 unspecified atom stereocenters. The molecule has 3 rings (SSSR count). The van der Waals surface area contributed by atoms with Gasteiger partial charge < -0.3 is 14.6 Å². The average Bonchev–Trinajstić information content (AvgIpc) is 3.08. The lowest BCUT2D eigenvalue weighted by molar-refractivity contribution is -0.0760. The number of carbonyl (C=O) groups excluding carboxylic acids is 1. The van der Waals surface area contributed by atoms with Crippen molar-refractivity contribution < 1.29 is 14.1 Å². The average molecular weight is 302 g/mol. The number of aromatic nitrogens is 3. The van der Waals surface area contributed by atoms with E-state index in [1.165, 1.54) is 12.3 Å². The van der Waals surface area contributed by atoms with Crippen LogP contribution in [0, 0.1) is 0 Å². The van der Waals surface area contributed by atoms with Gasteiger partial charge in [0.25, 0.3) is 5.91 Å². The Hall–Kier alpha value is -2.28. The van der Waals surface area contributed by atoms with Gasteiger partial charge >= 0.3 is 0 Å². The zero-order valence-electron chi connectivity index (χ0n) is 12.4. The summed E-state index contributed by atoms with van der Waals surface area (Å²) in [5.74, 6) is 0.558. The lowest BCUT2D eigenvalue weighted by Gasteiger charge is -2.32. The van der Waals surface area contributed by atoms with E-state index in [1.54, 1.807) is 12.4 Å². The molecule has 2 aromatic rings. The van der Waals surface area contributed by atoms with E-state index < -0.39 is 5.60 Å². The highest BCUT2D eigenvalue weighted by Crippen LogP contribution is 2.32. The van der Waals surface area contributed by atoms with Gasteiger partial charge in [0.05, 0.1) is 6.20 Å². The molecular weight excluding hydrogens is 284 g/mol. The summed E-state index contributed by atoms with van der Waals surface area (Å²) in [5, 5.41) is 6.22. The summed E-state index contributed by atoms with van der Waals surface area (Å²) >= 11 is 0. The lowest BCUT2D eigenvalue weighted by atomic mass is 9.95. The van der Waals surface area contributed by atoms with Crippen LogP contribution in [-0.2, 0) is 16.9 Å². The van der Waals surface area contributed by atoms with Gasteiger partial charge in [-0.3, -0.25) is 4.79 Å². The third-order valence-corrected chi connectivity index (χ3v) is 3.76. The second-order valence-electron chi connectivity index (χ2n) is 5.51. The fourth-order valence-corrected chi connectivity index (χ4v) is 2.43. The Morgan fingerprint density at radius 1 is 1.36 bits per heavy atom. The van der Waals surface area contributed by atoms with Crippen molar-refractivity contribution in [2.75, 3.05) is 6.61 Å². The van der Waals surface area contributed by atoms with Crippen molar-refractivity contribution in [3.63, 3.8) is 0 Å². The fraction of sp³-hybridized carbons (Fsp3) is 0.467. The maximum Gasteiger partial charge on any atom is 0.290 e. The zero-order valence-corrected chi connectivity index (χ0v) is 12.4. The Kier molecular flexibility index (Phi) is 4.15. The lowest BCUT2D eigenvalue weighted by Crippen LogP contribution is -2.32. The van der Waals surface area contributed by atoms with Gasteiger partial charge in [-0.15, -0.1) is 0 Å². The quantitative estimate of drug-likeness (QED) is 0.926. The number of hydrogen-bond acceptors (Lipinski definition) is 6. The van der Waals surface area contributed by atoms with E-state index in [-0.39, 0.29) is 11.7 Å². The molecule has 22 heavy (non-hydrogen) atoms. The van der Waals surface area contributed by atoms with Gasteiger partial charge in [0.1, 0.15) is 5.60 Å². The zero-order chi connectivity index (χ0) is 15.4. The molecular formula is C15H18N4O3. The Balaban J connectivity index is 1.61. The molecule has 0 aromatic carbocycles. The van der Waals surface area contributed by atoms with E-state index in [9.17, 15) is 4.79 Å². The van der Waals surface area contributed by atoms with Crippen LogP contribution in [-0.4, -0.2) is 27.6 Å². The Bertz CT molecular complexity index is 619. The summed E-state index contributed by atoms with van der Waals surface area (Å²) in [7, 11) is 0. The van der Waals surface area contributed by atoms with E-state index >= 15 is 0 Å². The summed E-state index contributed by atoms with van der Waals surface area (Å²) in [4.78, 5) is 20.5. The van der Waals surface area contributed by atoms with Crippen LogP contribution < -0.4 is 5.32 Å². The molecule has 2 aromatic heterocycles. The van der Waals surface area contributed by atoms with E-state index in [1.807, 2.05) is 6.92 Å². The molecule has 1 atom stereocenters. The first kappa shape index (κ1) is 14.6. The molecule has 0 spiro atoms. The predicted octanol–water partition coefficient (Wildman–Crippen LogP) is 1.81. The van der Waals surface area contributed by atoms with Crippen molar-refractivity contribution in [3.05, 3.63) is 41.8 Å². The summed E-state index contributed by atoms with van der Waals surface area (Å²) < 4.78 is 10.6. The Labute approximate surface area is 128 Å². The smallest absolute Gasteiger partial charge is 0.290 e. The standard InChI is InChI=1S/C15H18N4O3/c1-15(5-2-3-7-21-15)14-17-9-11(10-18-14)8-16-13(20)12-4-6-19-22-12/h4,6,9-10H,2-3,5,7-8H2,1H3,(H,16,20)/t15-/m1/s1. The van der Waals surface area contributed by atoms with Gasteiger partial charge in [-0.2, -0.15) is 0 Å². The Morgan fingerprint density at radius 3 is 2.82 bits per heavy atom. The molecule has 1 aliphatic rings. The fourth-order valence-electron chi connectivity index (χ4n) is 2.43. The van der Waals surface area contributed by atoms with Crippen LogP contribution in [0.1, 0.15) is 48.1 Å². The van der Waals surface area contributed by atoms with Gasteiger partial charge in [0, 0.05) is 37.2 Å². The Morgan fingerprint density at radius 2 is 2.18 bits per heavy atom. The largest absolute Gasteiger partial charge is 0.367 e.